The molecule has 3 heteroatoms. The lowest BCUT2D eigenvalue weighted by Gasteiger charge is -2.24. The van der Waals surface area contributed by atoms with Crippen molar-refractivity contribution in [1.29, 1.82) is 0 Å². The van der Waals surface area contributed by atoms with Gasteiger partial charge < -0.3 is 10.4 Å². The molecule has 0 aliphatic heterocycles. The highest BCUT2D eigenvalue weighted by Crippen LogP contribution is 2.20. The normalized spacial score (nSPS) is 11.5. The van der Waals surface area contributed by atoms with Crippen LogP contribution in [0.2, 0.25) is 0 Å². The molecule has 3 nitrogen and oxygen atoms in total. The van der Waals surface area contributed by atoms with Crippen molar-refractivity contribution in [3.63, 3.8) is 0 Å². The van der Waals surface area contributed by atoms with Gasteiger partial charge in [-0.05, 0) is 36.5 Å². The van der Waals surface area contributed by atoms with Crippen LogP contribution in [0.1, 0.15) is 25.8 Å². The van der Waals surface area contributed by atoms with Crippen LogP contribution in [0.15, 0.2) is 18.3 Å². The second kappa shape index (κ2) is 5.12. The van der Waals surface area contributed by atoms with Crippen LogP contribution in [0, 0.1) is 12.3 Å². The molecule has 84 valence electrons. The minimum Gasteiger partial charge on any atom is -0.396 e. The Bertz CT molecular complexity index is 310. The van der Waals surface area contributed by atoms with Gasteiger partial charge in [0.1, 0.15) is 5.82 Å². The lowest BCUT2D eigenvalue weighted by atomic mass is 9.90. The second-order valence-electron chi connectivity index (χ2n) is 4.71. The minimum absolute atomic E-state index is 0.0974. The highest BCUT2D eigenvalue weighted by Gasteiger charge is 2.16. The summed E-state index contributed by atoms with van der Waals surface area (Å²) in [6.45, 7) is 7.36. The molecule has 15 heavy (non-hydrogen) atoms. The summed E-state index contributed by atoms with van der Waals surface area (Å²) >= 11 is 0. The Labute approximate surface area is 91.5 Å². The van der Waals surface area contributed by atoms with Crippen LogP contribution in [0.3, 0.4) is 0 Å². The summed E-state index contributed by atoms with van der Waals surface area (Å²) in [6, 6.07) is 4.00. The van der Waals surface area contributed by atoms with Crippen LogP contribution in [-0.2, 0) is 0 Å². The van der Waals surface area contributed by atoms with E-state index in [1.54, 1.807) is 6.20 Å². The molecule has 1 heterocycles. The maximum Gasteiger partial charge on any atom is 0.126 e. The van der Waals surface area contributed by atoms with Gasteiger partial charge in [-0.2, -0.15) is 0 Å². The molecule has 0 aliphatic rings. The summed E-state index contributed by atoms with van der Waals surface area (Å²) in [5, 5.41) is 12.2. The van der Waals surface area contributed by atoms with E-state index >= 15 is 0 Å². The molecule has 2 N–H and O–H groups in total. The summed E-state index contributed by atoms with van der Waals surface area (Å²) in [6.07, 6.45) is 2.60. The number of anilines is 1. The molecule has 0 unspecified atom stereocenters. The Morgan fingerprint density at radius 3 is 2.80 bits per heavy atom. The van der Waals surface area contributed by atoms with Gasteiger partial charge in [-0.1, -0.05) is 13.8 Å². The molecular formula is C12H20N2O. The number of rotatable bonds is 5. The fourth-order valence-electron chi connectivity index (χ4n) is 1.35. The number of pyridine rings is 1. The third-order valence-electron chi connectivity index (χ3n) is 2.45. The predicted octanol–water partition coefficient (Wildman–Crippen LogP) is 2.21. The average Bonchev–Trinajstić information content (AvgIpc) is 2.15. The largest absolute Gasteiger partial charge is 0.396 e. The molecule has 0 aliphatic carbocycles. The van der Waals surface area contributed by atoms with Crippen molar-refractivity contribution in [3.8, 4) is 0 Å². The molecule has 0 aromatic carbocycles. The third kappa shape index (κ3) is 4.30. The molecule has 0 saturated carbocycles. The predicted molar refractivity (Wildman–Crippen MR) is 62.9 cm³/mol. The molecular weight excluding hydrogens is 188 g/mol. The number of aromatic nitrogens is 1. The van der Waals surface area contributed by atoms with Gasteiger partial charge in [-0.15, -0.1) is 0 Å². The summed E-state index contributed by atoms with van der Waals surface area (Å²) in [7, 11) is 0. The maximum absolute atomic E-state index is 8.90. The number of aliphatic hydroxyl groups excluding tert-OH is 1. The molecule has 1 aromatic heterocycles. The van der Waals surface area contributed by atoms with E-state index in [0.29, 0.717) is 0 Å². The summed E-state index contributed by atoms with van der Waals surface area (Å²) < 4.78 is 0. The average molecular weight is 208 g/mol. The van der Waals surface area contributed by atoms with Gasteiger partial charge in [0, 0.05) is 19.3 Å². The van der Waals surface area contributed by atoms with Crippen molar-refractivity contribution in [2.24, 2.45) is 5.41 Å². The topological polar surface area (TPSA) is 45.2 Å². The van der Waals surface area contributed by atoms with Crippen LogP contribution in [0.25, 0.3) is 0 Å². The first-order valence-electron chi connectivity index (χ1n) is 5.31. The molecule has 0 atom stereocenters. The molecule has 0 bridgehead atoms. The monoisotopic (exact) mass is 208 g/mol. The molecule has 0 fully saturated rings. The number of hydrogen-bond acceptors (Lipinski definition) is 3. The quantitative estimate of drug-likeness (QED) is 0.779. The first-order chi connectivity index (χ1) is 7.03. The lowest BCUT2D eigenvalue weighted by molar-refractivity contribution is 0.220. The zero-order valence-corrected chi connectivity index (χ0v) is 9.75. The first kappa shape index (κ1) is 12.0. The van der Waals surface area contributed by atoms with E-state index in [0.717, 1.165) is 18.8 Å². The van der Waals surface area contributed by atoms with Gasteiger partial charge >= 0.3 is 0 Å². The van der Waals surface area contributed by atoms with Crippen LogP contribution < -0.4 is 5.32 Å². The van der Waals surface area contributed by atoms with E-state index in [2.05, 4.69) is 24.1 Å². The summed E-state index contributed by atoms with van der Waals surface area (Å²) in [5.41, 5.74) is 1.30. The molecule has 0 spiro atoms. The fourth-order valence-corrected chi connectivity index (χ4v) is 1.35. The van der Waals surface area contributed by atoms with Crippen LogP contribution >= 0.6 is 0 Å². The van der Waals surface area contributed by atoms with E-state index in [1.165, 1.54) is 5.56 Å². The van der Waals surface area contributed by atoms with Gasteiger partial charge in [-0.3, -0.25) is 0 Å². The van der Waals surface area contributed by atoms with Crippen molar-refractivity contribution < 1.29 is 5.11 Å². The number of nitrogens with zero attached hydrogens (tertiary/aromatic N) is 1. The van der Waals surface area contributed by atoms with E-state index < -0.39 is 0 Å². The Kier molecular flexibility index (Phi) is 4.09. The standard InChI is InChI=1S/C12H20N2O/c1-10-4-6-13-11(8-10)14-9-12(2,3)5-7-15/h4,6,8,15H,5,7,9H2,1-3H3,(H,13,14). The molecule has 1 aromatic rings. The molecule has 0 amide bonds. The van der Waals surface area contributed by atoms with E-state index in [-0.39, 0.29) is 12.0 Å². The van der Waals surface area contributed by atoms with Crippen molar-refractivity contribution in [1.82, 2.24) is 4.98 Å². The number of nitrogens with one attached hydrogen (secondary N) is 1. The highest BCUT2D eigenvalue weighted by molar-refractivity contribution is 5.37. The van der Waals surface area contributed by atoms with E-state index in [9.17, 15) is 0 Å². The summed E-state index contributed by atoms with van der Waals surface area (Å²) in [4.78, 5) is 4.23. The van der Waals surface area contributed by atoms with Crippen molar-refractivity contribution >= 4 is 5.82 Å². The first-order valence-corrected chi connectivity index (χ1v) is 5.31. The van der Waals surface area contributed by atoms with Gasteiger partial charge in [0.15, 0.2) is 0 Å². The maximum atomic E-state index is 8.90. The van der Waals surface area contributed by atoms with Crippen LogP contribution in [0.4, 0.5) is 5.82 Å². The van der Waals surface area contributed by atoms with Crippen molar-refractivity contribution in [2.45, 2.75) is 27.2 Å². The van der Waals surface area contributed by atoms with Gasteiger partial charge in [0.25, 0.3) is 0 Å². The number of aliphatic hydroxyl groups is 1. The zero-order chi connectivity index (χ0) is 11.3. The molecule has 1 rings (SSSR count). The van der Waals surface area contributed by atoms with E-state index in [4.69, 9.17) is 5.11 Å². The highest BCUT2D eigenvalue weighted by atomic mass is 16.3. The fraction of sp³-hybridized carbons (Fsp3) is 0.583. The lowest BCUT2D eigenvalue weighted by Crippen LogP contribution is -2.24. The Morgan fingerprint density at radius 2 is 2.20 bits per heavy atom. The van der Waals surface area contributed by atoms with E-state index in [1.807, 2.05) is 19.1 Å². The second-order valence-corrected chi connectivity index (χ2v) is 4.71. The molecule has 0 radical (unpaired) electrons. The third-order valence-corrected chi connectivity index (χ3v) is 2.45. The zero-order valence-electron chi connectivity index (χ0n) is 9.75. The smallest absolute Gasteiger partial charge is 0.126 e. The van der Waals surface area contributed by atoms with Crippen LogP contribution in [-0.4, -0.2) is 23.2 Å². The molecule has 0 saturated heterocycles. The Morgan fingerprint density at radius 1 is 1.47 bits per heavy atom. The minimum atomic E-state index is 0.0974. The Hall–Kier alpha value is -1.09. The SMILES string of the molecule is Cc1ccnc(NCC(C)(C)CCO)c1. The van der Waals surface area contributed by atoms with Gasteiger partial charge in [-0.25, -0.2) is 4.98 Å². The van der Waals surface area contributed by atoms with Crippen LogP contribution in [0.5, 0.6) is 0 Å². The summed E-state index contributed by atoms with van der Waals surface area (Å²) in [5.74, 6) is 0.904. The van der Waals surface area contributed by atoms with Crippen molar-refractivity contribution in [2.75, 3.05) is 18.5 Å². The van der Waals surface area contributed by atoms with Gasteiger partial charge in [0.05, 0.1) is 0 Å². The van der Waals surface area contributed by atoms with Crippen molar-refractivity contribution in [3.05, 3.63) is 23.9 Å². The number of hydrogen-bond donors (Lipinski definition) is 2. The Balaban J connectivity index is 2.49. The van der Waals surface area contributed by atoms with Gasteiger partial charge in [0.2, 0.25) is 0 Å². The number of aryl methyl sites for hydroxylation is 1.